The Morgan fingerprint density at radius 1 is 1.17 bits per heavy atom. The molecule has 2 aromatic heterocycles. The van der Waals surface area contributed by atoms with Crippen LogP contribution in [0.15, 0.2) is 60.9 Å². The minimum atomic E-state index is -0.525. The molecular weight excluding hydrogens is 379 g/mol. The van der Waals surface area contributed by atoms with Gasteiger partial charge in [-0.15, -0.1) is 0 Å². The summed E-state index contributed by atoms with van der Waals surface area (Å²) in [4.78, 5) is 9.51. The number of ether oxygens (including phenoxy) is 1. The highest BCUT2D eigenvalue weighted by atomic mass is 19.1. The number of fused-ring (bicyclic) bond motifs is 1. The number of benzene rings is 2. The van der Waals surface area contributed by atoms with Gasteiger partial charge in [0, 0.05) is 36.9 Å². The number of anilines is 2. The lowest BCUT2D eigenvalue weighted by Gasteiger charge is -2.18. The molecule has 2 heterocycles. The van der Waals surface area contributed by atoms with E-state index in [-0.39, 0.29) is 5.75 Å². The molecule has 4 aromatic rings. The van der Waals surface area contributed by atoms with Gasteiger partial charge in [0.25, 0.3) is 0 Å². The van der Waals surface area contributed by atoms with E-state index in [0.29, 0.717) is 29.0 Å². The van der Waals surface area contributed by atoms with Crippen molar-refractivity contribution < 1.29 is 9.13 Å². The Hall–Kier alpha value is -3.98. The minimum Gasteiger partial charge on any atom is -0.453 e. The number of rotatable bonds is 4. The Morgan fingerprint density at radius 2 is 2.00 bits per heavy atom. The van der Waals surface area contributed by atoms with Gasteiger partial charge in [0.05, 0.1) is 17.5 Å². The van der Waals surface area contributed by atoms with Gasteiger partial charge in [-0.3, -0.25) is 0 Å². The smallest absolute Gasteiger partial charge is 0.167 e. The zero-order chi connectivity index (χ0) is 21.1. The third kappa shape index (κ3) is 3.91. The second-order valence-corrected chi connectivity index (χ2v) is 6.97. The first-order valence-corrected chi connectivity index (χ1v) is 9.47. The van der Waals surface area contributed by atoms with Gasteiger partial charge in [-0.05, 0) is 36.8 Å². The highest BCUT2D eigenvalue weighted by Crippen LogP contribution is 2.32. The third-order valence-electron chi connectivity index (χ3n) is 4.78. The first-order chi connectivity index (χ1) is 14.5. The highest BCUT2D eigenvalue weighted by molar-refractivity contribution is 5.89. The minimum absolute atomic E-state index is 0.0936. The van der Waals surface area contributed by atoms with Crippen LogP contribution in [0, 0.1) is 24.6 Å². The van der Waals surface area contributed by atoms with Gasteiger partial charge in [0.2, 0.25) is 0 Å². The second kappa shape index (κ2) is 8.18. The van der Waals surface area contributed by atoms with Gasteiger partial charge < -0.3 is 20.4 Å². The fraction of sp³-hybridized carbons (Fsp3) is 0.125. The molecule has 0 atom stereocenters. The Labute approximate surface area is 174 Å². The summed E-state index contributed by atoms with van der Waals surface area (Å²) in [6.45, 7) is 2.63. The van der Waals surface area contributed by atoms with E-state index in [1.54, 1.807) is 24.5 Å². The number of aromatic nitrogens is 2. The number of hydrogen-bond donors (Lipinski definition) is 2. The molecule has 4 rings (SSSR count). The van der Waals surface area contributed by atoms with Crippen molar-refractivity contribution in [2.75, 3.05) is 24.2 Å². The van der Waals surface area contributed by atoms with Crippen molar-refractivity contribution in [1.29, 1.82) is 0 Å². The number of pyridine rings is 1. The predicted octanol–water partition coefficient (Wildman–Crippen LogP) is 4.87. The molecule has 0 saturated heterocycles. The molecule has 0 fully saturated rings. The van der Waals surface area contributed by atoms with E-state index in [2.05, 4.69) is 45.8 Å². The average Bonchev–Trinajstić information content (AvgIpc) is 3.14. The molecule has 0 saturated carbocycles. The van der Waals surface area contributed by atoms with Crippen LogP contribution in [-0.4, -0.2) is 23.6 Å². The Bertz CT molecular complexity index is 1270. The van der Waals surface area contributed by atoms with Crippen LogP contribution >= 0.6 is 0 Å². The zero-order valence-electron chi connectivity index (χ0n) is 16.7. The average molecular weight is 400 g/mol. The van der Waals surface area contributed by atoms with Crippen molar-refractivity contribution in [2.24, 2.45) is 0 Å². The first-order valence-electron chi connectivity index (χ1n) is 9.47. The van der Waals surface area contributed by atoms with Crippen LogP contribution < -0.4 is 15.4 Å². The van der Waals surface area contributed by atoms with Crippen LogP contribution in [-0.2, 0) is 0 Å². The monoisotopic (exact) mass is 400 g/mol. The van der Waals surface area contributed by atoms with Gasteiger partial charge in [-0.1, -0.05) is 30.0 Å². The fourth-order valence-corrected chi connectivity index (χ4v) is 3.26. The number of para-hydroxylation sites is 1. The molecule has 0 aliphatic carbocycles. The largest absolute Gasteiger partial charge is 0.453 e. The third-order valence-corrected chi connectivity index (χ3v) is 4.78. The molecular formula is C24H21FN4O. The van der Waals surface area contributed by atoms with Crippen molar-refractivity contribution in [3.8, 4) is 23.3 Å². The topological polar surface area (TPSA) is 67.2 Å². The highest BCUT2D eigenvalue weighted by Gasteiger charge is 2.13. The molecule has 30 heavy (non-hydrogen) atoms. The van der Waals surface area contributed by atoms with Crippen molar-refractivity contribution >= 4 is 22.4 Å². The molecule has 0 spiro atoms. The van der Waals surface area contributed by atoms with Crippen molar-refractivity contribution in [3.05, 3.63) is 77.9 Å². The fourth-order valence-electron chi connectivity index (χ4n) is 3.26. The van der Waals surface area contributed by atoms with Crippen LogP contribution in [0.4, 0.5) is 15.8 Å². The van der Waals surface area contributed by atoms with E-state index in [9.17, 15) is 4.39 Å². The number of nitrogen functional groups attached to an aromatic ring is 1. The molecule has 150 valence electrons. The zero-order valence-corrected chi connectivity index (χ0v) is 16.7. The van der Waals surface area contributed by atoms with Crippen LogP contribution in [0.5, 0.6) is 11.5 Å². The SMILES string of the molecule is Cc1ccccc1N(C)CC#Cc1c[nH]c2nccc(Oc3ccc(N)cc3F)c12. The maximum Gasteiger partial charge on any atom is 0.167 e. The molecule has 6 heteroatoms. The summed E-state index contributed by atoms with van der Waals surface area (Å²) < 4.78 is 20.0. The lowest BCUT2D eigenvalue weighted by atomic mass is 10.2. The van der Waals surface area contributed by atoms with Crippen LogP contribution in [0.1, 0.15) is 11.1 Å². The van der Waals surface area contributed by atoms with Crippen LogP contribution in [0.2, 0.25) is 0 Å². The number of halogens is 1. The summed E-state index contributed by atoms with van der Waals surface area (Å²) in [5, 5.41) is 0.708. The molecule has 0 unspecified atom stereocenters. The number of nitrogens with zero attached hydrogens (tertiary/aromatic N) is 2. The van der Waals surface area contributed by atoms with Crippen LogP contribution in [0.25, 0.3) is 11.0 Å². The summed E-state index contributed by atoms with van der Waals surface area (Å²) in [7, 11) is 2.01. The molecule has 0 aliphatic rings. The quantitative estimate of drug-likeness (QED) is 0.379. The number of aryl methyl sites for hydroxylation is 1. The molecule has 2 aromatic carbocycles. The maximum atomic E-state index is 14.2. The summed E-state index contributed by atoms with van der Waals surface area (Å²) in [6, 6.07) is 14.2. The molecule has 0 bridgehead atoms. The van der Waals surface area contributed by atoms with Gasteiger partial charge >= 0.3 is 0 Å². The normalized spacial score (nSPS) is 10.5. The molecule has 0 radical (unpaired) electrons. The standard InChI is InChI=1S/C24H21FN4O/c1-16-6-3-4-8-20(16)29(2)13-5-7-17-15-28-24-23(17)22(11-12-27-24)30-21-10-9-18(26)14-19(21)25/h3-4,6,8-12,14-15H,13,26H2,1-2H3,(H,27,28). The summed E-state index contributed by atoms with van der Waals surface area (Å²) in [5.74, 6) is 6.42. The van der Waals surface area contributed by atoms with Crippen molar-refractivity contribution in [3.63, 3.8) is 0 Å². The lowest BCUT2D eigenvalue weighted by Crippen LogP contribution is -2.18. The van der Waals surface area contributed by atoms with Crippen molar-refractivity contribution in [2.45, 2.75) is 6.92 Å². The second-order valence-electron chi connectivity index (χ2n) is 6.97. The maximum absolute atomic E-state index is 14.2. The number of nitrogens with one attached hydrogen (secondary N) is 1. The van der Waals surface area contributed by atoms with E-state index in [4.69, 9.17) is 10.5 Å². The van der Waals surface area contributed by atoms with Gasteiger partial charge in [-0.25, -0.2) is 9.37 Å². The first kappa shape index (κ1) is 19.3. The van der Waals surface area contributed by atoms with Gasteiger partial charge in [0.15, 0.2) is 11.6 Å². The Morgan fingerprint density at radius 3 is 2.80 bits per heavy atom. The van der Waals surface area contributed by atoms with Crippen molar-refractivity contribution in [1.82, 2.24) is 9.97 Å². The molecule has 0 aliphatic heterocycles. The molecule has 3 N–H and O–H groups in total. The van der Waals surface area contributed by atoms with E-state index in [0.717, 1.165) is 11.3 Å². The van der Waals surface area contributed by atoms with Crippen LogP contribution in [0.3, 0.4) is 0 Å². The number of aromatic amines is 1. The van der Waals surface area contributed by atoms with E-state index in [1.165, 1.54) is 17.7 Å². The number of H-pyrrole nitrogens is 1. The van der Waals surface area contributed by atoms with Gasteiger partial charge in [-0.2, -0.15) is 0 Å². The number of nitrogens with two attached hydrogens (primary N) is 1. The van der Waals surface area contributed by atoms with E-state index >= 15 is 0 Å². The summed E-state index contributed by atoms with van der Waals surface area (Å²) in [5.41, 5.74) is 9.65. The molecule has 5 nitrogen and oxygen atoms in total. The molecule has 0 amide bonds. The summed E-state index contributed by atoms with van der Waals surface area (Å²) >= 11 is 0. The number of hydrogen-bond acceptors (Lipinski definition) is 4. The van der Waals surface area contributed by atoms with Gasteiger partial charge in [0.1, 0.15) is 11.4 Å². The summed E-state index contributed by atoms with van der Waals surface area (Å²) in [6.07, 6.45) is 3.39. The Kier molecular flexibility index (Phi) is 5.27. The predicted molar refractivity (Wildman–Crippen MR) is 118 cm³/mol. The van der Waals surface area contributed by atoms with E-state index < -0.39 is 5.82 Å². The van der Waals surface area contributed by atoms with E-state index in [1.807, 2.05) is 19.2 Å². The lowest BCUT2D eigenvalue weighted by molar-refractivity contribution is 0.446. The Balaban J connectivity index is 1.62.